The SMILES string of the molecule is CC(c1ccc(F)cc1F)N1CCN(CCN)CC1. The number of nitrogens with zero attached hydrogens (tertiary/aromatic N) is 2. The van der Waals surface area contributed by atoms with Crippen LogP contribution in [0.4, 0.5) is 8.78 Å². The molecule has 1 aliphatic heterocycles. The maximum atomic E-state index is 13.8. The third kappa shape index (κ3) is 3.49. The van der Waals surface area contributed by atoms with Crippen molar-refractivity contribution in [2.24, 2.45) is 5.73 Å². The molecule has 19 heavy (non-hydrogen) atoms. The van der Waals surface area contributed by atoms with Crippen molar-refractivity contribution in [1.82, 2.24) is 9.80 Å². The normalized spacial score (nSPS) is 19.6. The highest BCUT2D eigenvalue weighted by molar-refractivity contribution is 5.21. The van der Waals surface area contributed by atoms with E-state index >= 15 is 0 Å². The fourth-order valence-corrected chi connectivity index (χ4v) is 2.59. The van der Waals surface area contributed by atoms with E-state index in [0.29, 0.717) is 12.1 Å². The molecule has 0 bridgehead atoms. The molecule has 2 rings (SSSR count). The van der Waals surface area contributed by atoms with Gasteiger partial charge in [-0.15, -0.1) is 0 Å². The van der Waals surface area contributed by atoms with Gasteiger partial charge in [-0.2, -0.15) is 0 Å². The minimum Gasteiger partial charge on any atom is -0.329 e. The van der Waals surface area contributed by atoms with Crippen LogP contribution in [0.1, 0.15) is 18.5 Å². The second kappa shape index (κ2) is 6.41. The second-order valence-corrected chi connectivity index (χ2v) is 5.01. The molecule has 0 amide bonds. The molecule has 1 unspecified atom stereocenters. The molecule has 0 radical (unpaired) electrons. The average molecular weight is 269 g/mol. The van der Waals surface area contributed by atoms with Gasteiger partial charge < -0.3 is 5.73 Å². The monoisotopic (exact) mass is 269 g/mol. The molecule has 5 heteroatoms. The van der Waals surface area contributed by atoms with Crippen LogP contribution in [0.25, 0.3) is 0 Å². The van der Waals surface area contributed by atoms with Crippen molar-refractivity contribution in [2.75, 3.05) is 39.3 Å². The number of benzene rings is 1. The summed E-state index contributed by atoms with van der Waals surface area (Å²) in [5.74, 6) is -0.988. The maximum absolute atomic E-state index is 13.8. The van der Waals surface area contributed by atoms with Crippen LogP contribution in [-0.4, -0.2) is 49.1 Å². The Morgan fingerprint density at radius 2 is 1.89 bits per heavy atom. The van der Waals surface area contributed by atoms with Crippen molar-refractivity contribution < 1.29 is 8.78 Å². The Balaban J connectivity index is 1.99. The quantitative estimate of drug-likeness (QED) is 0.901. The van der Waals surface area contributed by atoms with Gasteiger partial charge in [-0.25, -0.2) is 8.78 Å². The van der Waals surface area contributed by atoms with Gasteiger partial charge >= 0.3 is 0 Å². The molecule has 3 nitrogen and oxygen atoms in total. The van der Waals surface area contributed by atoms with E-state index in [1.807, 2.05) is 6.92 Å². The van der Waals surface area contributed by atoms with E-state index in [1.165, 1.54) is 6.07 Å². The van der Waals surface area contributed by atoms with E-state index in [9.17, 15) is 8.78 Å². The summed E-state index contributed by atoms with van der Waals surface area (Å²) in [6.07, 6.45) is 0. The first-order chi connectivity index (χ1) is 9.11. The zero-order valence-corrected chi connectivity index (χ0v) is 11.3. The van der Waals surface area contributed by atoms with Crippen molar-refractivity contribution >= 4 is 0 Å². The molecule has 1 atom stereocenters. The molecular formula is C14H21F2N3. The zero-order chi connectivity index (χ0) is 13.8. The molecule has 1 aromatic rings. The summed E-state index contributed by atoms with van der Waals surface area (Å²) in [5, 5.41) is 0. The number of halogens is 2. The van der Waals surface area contributed by atoms with E-state index < -0.39 is 11.6 Å². The van der Waals surface area contributed by atoms with Crippen molar-refractivity contribution in [3.05, 3.63) is 35.4 Å². The summed E-state index contributed by atoms with van der Waals surface area (Å²) < 4.78 is 26.7. The Kier molecular flexibility index (Phi) is 4.85. The van der Waals surface area contributed by atoms with Gasteiger partial charge in [0.2, 0.25) is 0 Å². The minimum absolute atomic E-state index is 0.0272. The van der Waals surface area contributed by atoms with E-state index in [1.54, 1.807) is 6.07 Å². The third-order valence-electron chi connectivity index (χ3n) is 3.81. The summed E-state index contributed by atoms with van der Waals surface area (Å²) in [6.45, 7) is 7.22. The van der Waals surface area contributed by atoms with Gasteiger partial charge in [0.1, 0.15) is 11.6 Å². The zero-order valence-electron chi connectivity index (χ0n) is 11.3. The van der Waals surface area contributed by atoms with Crippen LogP contribution >= 0.6 is 0 Å². The van der Waals surface area contributed by atoms with Crippen LogP contribution in [0.5, 0.6) is 0 Å². The van der Waals surface area contributed by atoms with Crippen LogP contribution in [0.15, 0.2) is 18.2 Å². The molecule has 0 spiro atoms. The topological polar surface area (TPSA) is 32.5 Å². The highest BCUT2D eigenvalue weighted by Gasteiger charge is 2.23. The maximum Gasteiger partial charge on any atom is 0.130 e. The lowest BCUT2D eigenvalue weighted by Crippen LogP contribution is -2.48. The molecular weight excluding hydrogens is 248 g/mol. The molecule has 0 saturated carbocycles. The number of hydrogen-bond donors (Lipinski definition) is 1. The van der Waals surface area contributed by atoms with Crippen molar-refractivity contribution in [1.29, 1.82) is 0 Å². The van der Waals surface area contributed by atoms with Gasteiger partial charge in [0, 0.05) is 56.9 Å². The van der Waals surface area contributed by atoms with E-state index in [4.69, 9.17) is 5.73 Å². The van der Waals surface area contributed by atoms with Crippen LogP contribution in [0, 0.1) is 11.6 Å². The molecule has 1 aromatic carbocycles. The highest BCUT2D eigenvalue weighted by atomic mass is 19.1. The Hall–Kier alpha value is -1.04. The number of rotatable bonds is 4. The summed E-state index contributed by atoms with van der Waals surface area (Å²) in [7, 11) is 0. The lowest BCUT2D eigenvalue weighted by Gasteiger charge is -2.38. The standard InChI is InChI=1S/C14H21F2N3/c1-11(13-3-2-12(15)10-14(13)16)19-8-6-18(5-4-17)7-9-19/h2-3,10-11H,4-9,17H2,1H3. The molecule has 1 fully saturated rings. The molecule has 2 N–H and O–H groups in total. The smallest absolute Gasteiger partial charge is 0.130 e. The van der Waals surface area contributed by atoms with Gasteiger partial charge in [-0.1, -0.05) is 6.07 Å². The molecule has 1 heterocycles. The lowest BCUT2D eigenvalue weighted by molar-refractivity contribution is 0.103. The van der Waals surface area contributed by atoms with E-state index in [2.05, 4.69) is 9.80 Å². The van der Waals surface area contributed by atoms with Crippen molar-refractivity contribution in [3.8, 4) is 0 Å². The summed E-state index contributed by atoms with van der Waals surface area (Å²) in [4.78, 5) is 4.54. The predicted octanol–water partition coefficient (Wildman–Crippen LogP) is 1.60. The first kappa shape index (κ1) is 14.4. The Morgan fingerprint density at radius 1 is 1.21 bits per heavy atom. The van der Waals surface area contributed by atoms with Crippen LogP contribution in [-0.2, 0) is 0 Å². The Labute approximate surface area is 113 Å². The largest absolute Gasteiger partial charge is 0.329 e. The fourth-order valence-electron chi connectivity index (χ4n) is 2.59. The van der Waals surface area contributed by atoms with E-state index in [-0.39, 0.29) is 6.04 Å². The second-order valence-electron chi connectivity index (χ2n) is 5.01. The molecule has 106 valence electrons. The number of nitrogens with two attached hydrogens (primary N) is 1. The van der Waals surface area contributed by atoms with Gasteiger partial charge in [-0.05, 0) is 13.0 Å². The average Bonchev–Trinajstić information content (AvgIpc) is 2.39. The van der Waals surface area contributed by atoms with Gasteiger partial charge in [0.05, 0.1) is 0 Å². The van der Waals surface area contributed by atoms with Crippen molar-refractivity contribution in [2.45, 2.75) is 13.0 Å². The highest BCUT2D eigenvalue weighted by Crippen LogP contribution is 2.24. The predicted molar refractivity (Wildman–Crippen MR) is 71.8 cm³/mol. The van der Waals surface area contributed by atoms with Gasteiger partial charge in [0.25, 0.3) is 0 Å². The first-order valence-corrected chi connectivity index (χ1v) is 6.73. The first-order valence-electron chi connectivity index (χ1n) is 6.73. The molecule has 0 aliphatic carbocycles. The summed E-state index contributed by atoms with van der Waals surface area (Å²) >= 11 is 0. The van der Waals surface area contributed by atoms with Gasteiger partial charge in [-0.3, -0.25) is 9.80 Å². The van der Waals surface area contributed by atoms with Gasteiger partial charge in [0.15, 0.2) is 0 Å². The third-order valence-corrected chi connectivity index (χ3v) is 3.81. The van der Waals surface area contributed by atoms with Crippen LogP contribution in [0.3, 0.4) is 0 Å². The molecule has 1 aliphatic rings. The molecule has 1 saturated heterocycles. The lowest BCUT2D eigenvalue weighted by atomic mass is 10.1. The van der Waals surface area contributed by atoms with Crippen molar-refractivity contribution in [3.63, 3.8) is 0 Å². The Morgan fingerprint density at radius 3 is 2.47 bits per heavy atom. The molecule has 0 aromatic heterocycles. The number of piperazine rings is 1. The van der Waals surface area contributed by atoms with Crippen LogP contribution in [0.2, 0.25) is 0 Å². The van der Waals surface area contributed by atoms with Crippen LogP contribution < -0.4 is 5.73 Å². The van der Waals surface area contributed by atoms with E-state index in [0.717, 1.165) is 38.8 Å². The number of hydrogen-bond acceptors (Lipinski definition) is 3. The summed E-state index contributed by atoms with van der Waals surface area (Å²) in [6, 6.07) is 3.79. The Bertz CT molecular complexity index is 417. The summed E-state index contributed by atoms with van der Waals surface area (Å²) in [5.41, 5.74) is 6.10. The minimum atomic E-state index is -0.527. The fraction of sp³-hybridized carbons (Fsp3) is 0.571.